The highest BCUT2D eigenvalue weighted by Gasteiger charge is 2.50. The van der Waals surface area contributed by atoms with Crippen LogP contribution in [0, 0.1) is 23.2 Å². The average Bonchev–Trinajstić information content (AvgIpc) is 3.47. The summed E-state index contributed by atoms with van der Waals surface area (Å²) in [5, 5.41) is 9.13. The molecule has 2 aliphatic carbocycles. The van der Waals surface area contributed by atoms with Crippen molar-refractivity contribution in [1.82, 2.24) is 9.80 Å². The molecular formula is C20H26FN3O3S. The van der Waals surface area contributed by atoms with Gasteiger partial charge in [-0.25, -0.2) is 12.8 Å². The van der Waals surface area contributed by atoms with Crippen molar-refractivity contribution in [3.8, 4) is 11.9 Å². The van der Waals surface area contributed by atoms with E-state index in [4.69, 9.17) is 10.00 Å². The van der Waals surface area contributed by atoms with E-state index in [-0.39, 0.29) is 10.6 Å². The summed E-state index contributed by atoms with van der Waals surface area (Å²) in [6, 6.07) is 5.37. The number of sulfone groups is 1. The second-order valence-corrected chi connectivity index (χ2v) is 10.3. The Bertz CT molecular complexity index is 877. The summed E-state index contributed by atoms with van der Waals surface area (Å²) < 4.78 is 42.8. The molecule has 0 N–H and O–H groups in total. The van der Waals surface area contributed by atoms with Gasteiger partial charge in [-0.3, -0.25) is 4.90 Å². The monoisotopic (exact) mass is 407 g/mol. The molecule has 1 aromatic carbocycles. The van der Waals surface area contributed by atoms with Crippen LogP contribution in [0.15, 0.2) is 23.1 Å². The predicted octanol–water partition coefficient (Wildman–Crippen LogP) is 2.41. The second-order valence-electron chi connectivity index (χ2n) is 8.25. The van der Waals surface area contributed by atoms with Crippen molar-refractivity contribution in [2.45, 2.75) is 55.1 Å². The number of hydrogen-bond donors (Lipinski definition) is 0. The third kappa shape index (κ3) is 3.96. The van der Waals surface area contributed by atoms with Gasteiger partial charge in [0.2, 0.25) is 0 Å². The minimum absolute atomic E-state index is 0.0345. The maximum absolute atomic E-state index is 14.1. The maximum atomic E-state index is 14.1. The lowest BCUT2D eigenvalue weighted by atomic mass is 9.85. The molecule has 1 aromatic rings. The van der Waals surface area contributed by atoms with E-state index in [1.807, 2.05) is 4.90 Å². The van der Waals surface area contributed by atoms with Gasteiger partial charge in [0.15, 0.2) is 27.6 Å². The van der Waals surface area contributed by atoms with Crippen LogP contribution in [0.5, 0.6) is 5.75 Å². The summed E-state index contributed by atoms with van der Waals surface area (Å²) in [6.07, 6.45) is 8.78. The van der Waals surface area contributed by atoms with Gasteiger partial charge in [0.25, 0.3) is 0 Å². The molecule has 28 heavy (non-hydrogen) atoms. The average molecular weight is 408 g/mol. The largest absolute Gasteiger partial charge is 0.490 e. The third-order valence-corrected chi connectivity index (χ3v) is 7.48. The molecule has 2 atom stereocenters. The number of rotatable bonds is 5. The number of halogens is 1. The number of piperazine rings is 1. The number of ether oxygens (including phenoxy) is 1. The quantitative estimate of drug-likeness (QED) is 0.698. The molecule has 0 unspecified atom stereocenters. The summed E-state index contributed by atoms with van der Waals surface area (Å²) in [4.78, 5) is 4.48. The fraction of sp³-hybridized carbons (Fsp3) is 0.650. The first-order chi connectivity index (χ1) is 13.4. The smallest absolute Gasteiger partial charge is 0.179 e. The Hall–Kier alpha value is -1.85. The van der Waals surface area contributed by atoms with Crippen LogP contribution >= 0.6 is 0 Å². The van der Waals surface area contributed by atoms with Crippen molar-refractivity contribution < 1.29 is 17.5 Å². The van der Waals surface area contributed by atoms with Gasteiger partial charge < -0.3 is 9.64 Å². The Morgan fingerprint density at radius 2 is 1.96 bits per heavy atom. The van der Waals surface area contributed by atoms with Crippen LogP contribution in [-0.2, 0) is 9.84 Å². The van der Waals surface area contributed by atoms with Crippen molar-refractivity contribution in [1.29, 1.82) is 5.26 Å². The van der Waals surface area contributed by atoms with Crippen LogP contribution in [0.2, 0.25) is 0 Å². The fourth-order valence-corrected chi connectivity index (χ4v) is 5.31. The van der Waals surface area contributed by atoms with Gasteiger partial charge in [-0.15, -0.1) is 0 Å². The first-order valence-corrected chi connectivity index (χ1v) is 11.8. The molecule has 4 rings (SSSR count). The molecule has 1 heterocycles. The summed E-state index contributed by atoms with van der Waals surface area (Å²) in [5.74, 6) is -0.129. The molecule has 0 spiro atoms. The number of nitrogens with zero attached hydrogens (tertiary/aromatic N) is 3. The summed E-state index contributed by atoms with van der Waals surface area (Å²) in [7, 11) is -3.42. The van der Waals surface area contributed by atoms with Crippen molar-refractivity contribution in [3.63, 3.8) is 0 Å². The van der Waals surface area contributed by atoms with Crippen LogP contribution in [0.25, 0.3) is 0 Å². The van der Waals surface area contributed by atoms with E-state index >= 15 is 0 Å². The Labute approximate surface area is 165 Å². The van der Waals surface area contributed by atoms with Crippen LogP contribution < -0.4 is 4.74 Å². The highest BCUT2D eigenvalue weighted by atomic mass is 32.2. The Morgan fingerprint density at radius 1 is 1.21 bits per heavy atom. The maximum Gasteiger partial charge on any atom is 0.179 e. The van der Waals surface area contributed by atoms with E-state index in [0.717, 1.165) is 57.5 Å². The molecule has 3 aliphatic rings. The standard InChI is InChI=1S/C20H26FN3O3S/c1-28(25,26)16-6-7-20(17(21)10-16)27-12-14-2-4-15(5-3-14)24-9-8-23(13-22)18-11-19(18)24/h6-7,10,14-15,18-19H,2-5,8-9,11-12H2,1H3/t14-,15-,18-,19+/m0/s1. The molecular weight excluding hydrogens is 381 g/mol. The van der Waals surface area contributed by atoms with E-state index in [9.17, 15) is 12.8 Å². The number of nitriles is 1. The summed E-state index contributed by atoms with van der Waals surface area (Å²) >= 11 is 0. The van der Waals surface area contributed by atoms with Crippen LogP contribution in [0.1, 0.15) is 32.1 Å². The van der Waals surface area contributed by atoms with Gasteiger partial charge in [0.05, 0.1) is 17.5 Å². The number of hydrogen-bond acceptors (Lipinski definition) is 6. The molecule has 2 saturated carbocycles. The highest BCUT2D eigenvalue weighted by Crippen LogP contribution is 2.40. The molecule has 0 amide bonds. The molecule has 0 aromatic heterocycles. The molecule has 8 heteroatoms. The van der Waals surface area contributed by atoms with Crippen LogP contribution in [0.4, 0.5) is 4.39 Å². The normalized spacial score (nSPS) is 30.4. The van der Waals surface area contributed by atoms with E-state index in [1.54, 1.807) is 0 Å². The second kappa shape index (κ2) is 7.53. The topological polar surface area (TPSA) is 73.6 Å². The molecule has 0 bridgehead atoms. The van der Waals surface area contributed by atoms with Crippen molar-refractivity contribution in [2.24, 2.45) is 5.92 Å². The molecule has 152 valence electrons. The van der Waals surface area contributed by atoms with Gasteiger partial charge in [-0.1, -0.05) is 0 Å². The van der Waals surface area contributed by atoms with Gasteiger partial charge >= 0.3 is 0 Å². The van der Waals surface area contributed by atoms with E-state index in [0.29, 0.717) is 30.7 Å². The molecule has 1 aliphatic heterocycles. The summed E-state index contributed by atoms with van der Waals surface area (Å²) in [5.41, 5.74) is 0. The minimum atomic E-state index is -3.42. The lowest BCUT2D eigenvalue weighted by Crippen LogP contribution is -2.50. The number of fused-ring (bicyclic) bond motifs is 1. The van der Waals surface area contributed by atoms with Crippen molar-refractivity contribution in [2.75, 3.05) is 26.0 Å². The van der Waals surface area contributed by atoms with Crippen LogP contribution in [-0.4, -0.2) is 62.3 Å². The third-order valence-electron chi connectivity index (χ3n) is 6.37. The highest BCUT2D eigenvalue weighted by molar-refractivity contribution is 7.90. The van der Waals surface area contributed by atoms with Crippen molar-refractivity contribution in [3.05, 3.63) is 24.0 Å². The van der Waals surface area contributed by atoms with Gasteiger partial charge in [0.1, 0.15) is 0 Å². The SMILES string of the molecule is CS(=O)(=O)c1ccc(OC[C@H]2CC[C@H](N3CCN(C#N)[C@H]4C[C@H]43)CC2)c(F)c1. The van der Waals surface area contributed by atoms with Crippen molar-refractivity contribution >= 4 is 9.84 Å². The van der Waals surface area contributed by atoms with Gasteiger partial charge in [-0.05, 0) is 56.2 Å². The molecule has 0 radical (unpaired) electrons. The minimum Gasteiger partial charge on any atom is -0.490 e. The lowest BCUT2D eigenvalue weighted by molar-refractivity contribution is 0.0762. The van der Waals surface area contributed by atoms with Crippen LogP contribution in [0.3, 0.4) is 0 Å². The molecule has 3 fully saturated rings. The zero-order valence-electron chi connectivity index (χ0n) is 16.1. The van der Waals surface area contributed by atoms with E-state index in [2.05, 4.69) is 11.1 Å². The number of benzene rings is 1. The lowest BCUT2D eigenvalue weighted by Gasteiger charge is -2.40. The first-order valence-electron chi connectivity index (χ1n) is 9.91. The fourth-order valence-electron chi connectivity index (χ4n) is 4.67. The first kappa shape index (κ1) is 19.5. The Kier molecular flexibility index (Phi) is 5.23. The van der Waals surface area contributed by atoms with Gasteiger partial charge in [-0.2, -0.15) is 5.26 Å². The van der Waals surface area contributed by atoms with Gasteiger partial charge in [0, 0.05) is 31.4 Å². The molecule has 6 nitrogen and oxygen atoms in total. The summed E-state index contributed by atoms with van der Waals surface area (Å²) in [6.45, 7) is 2.26. The van der Waals surface area contributed by atoms with E-state index in [1.165, 1.54) is 12.1 Å². The Morgan fingerprint density at radius 3 is 2.61 bits per heavy atom. The Balaban J connectivity index is 1.26. The zero-order chi connectivity index (χ0) is 19.9. The predicted molar refractivity (Wildman–Crippen MR) is 102 cm³/mol. The molecule has 1 saturated heterocycles. The van der Waals surface area contributed by atoms with E-state index < -0.39 is 15.7 Å². The zero-order valence-corrected chi connectivity index (χ0v) is 16.9.